The van der Waals surface area contributed by atoms with Crippen LogP contribution in [0, 0.1) is 0 Å². The molecule has 2 aromatic rings. The van der Waals surface area contributed by atoms with E-state index in [4.69, 9.17) is 4.42 Å². The SMILES string of the molecule is COC(=O)Cn1c(=O)oc2cc(S(=O)(=O)N3CCC(N4CCCCC4)CC3)ccc21. The maximum atomic E-state index is 13.1. The Balaban J connectivity index is 1.51. The predicted octanol–water partition coefficient (Wildman–Crippen LogP) is 1.41. The van der Waals surface area contributed by atoms with Crippen molar-refractivity contribution < 1.29 is 22.4 Å². The molecule has 3 heterocycles. The van der Waals surface area contributed by atoms with Gasteiger partial charge in [-0.2, -0.15) is 4.31 Å². The number of esters is 1. The van der Waals surface area contributed by atoms with E-state index in [-0.39, 0.29) is 17.0 Å². The van der Waals surface area contributed by atoms with Crippen molar-refractivity contribution in [2.24, 2.45) is 0 Å². The van der Waals surface area contributed by atoms with Gasteiger partial charge in [-0.25, -0.2) is 13.2 Å². The van der Waals surface area contributed by atoms with Gasteiger partial charge in [0.1, 0.15) is 6.54 Å². The molecule has 0 spiro atoms. The molecule has 164 valence electrons. The highest BCUT2D eigenvalue weighted by Crippen LogP contribution is 2.27. The summed E-state index contributed by atoms with van der Waals surface area (Å²) < 4.78 is 38.7. The van der Waals surface area contributed by atoms with Gasteiger partial charge < -0.3 is 14.1 Å². The van der Waals surface area contributed by atoms with Gasteiger partial charge in [0.2, 0.25) is 10.0 Å². The number of ether oxygens (including phenoxy) is 1. The highest BCUT2D eigenvalue weighted by molar-refractivity contribution is 7.89. The average molecular weight is 438 g/mol. The second-order valence-corrected chi connectivity index (χ2v) is 9.83. The number of carbonyl (C=O) groups is 1. The predicted molar refractivity (Wildman–Crippen MR) is 110 cm³/mol. The van der Waals surface area contributed by atoms with Crippen molar-refractivity contribution >= 4 is 27.1 Å². The smallest absolute Gasteiger partial charge is 0.420 e. The zero-order chi connectivity index (χ0) is 21.3. The summed E-state index contributed by atoms with van der Waals surface area (Å²) in [7, 11) is -2.46. The first kappa shape index (κ1) is 21.1. The molecule has 0 amide bonds. The lowest BCUT2D eigenvalue weighted by atomic mass is 10.0. The molecular formula is C20H27N3O6S. The maximum Gasteiger partial charge on any atom is 0.420 e. The van der Waals surface area contributed by atoms with Crippen molar-refractivity contribution in [2.45, 2.75) is 49.6 Å². The molecule has 1 aromatic heterocycles. The summed E-state index contributed by atoms with van der Waals surface area (Å²) in [4.78, 5) is 26.2. The van der Waals surface area contributed by atoms with Crippen molar-refractivity contribution in [3.8, 4) is 0 Å². The third-order valence-corrected chi connectivity index (χ3v) is 8.02. The minimum atomic E-state index is -3.69. The fourth-order valence-corrected chi connectivity index (χ4v) is 5.92. The van der Waals surface area contributed by atoms with E-state index in [0.717, 1.165) is 30.5 Å². The summed E-state index contributed by atoms with van der Waals surface area (Å²) in [6.07, 6.45) is 5.38. The Morgan fingerprint density at radius 1 is 1.13 bits per heavy atom. The van der Waals surface area contributed by atoms with Gasteiger partial charge >= 0.3 is 11.7 Å². The Labute approximate surface area is 175 Å². The average Bonchev–Trinajstić information content (AvgIpc) is 3.08. The summed E-state index contributed by atoms with van der Waals surface area (Å²) in [6.45, 7) is 2.88. The number of carbonyl (C=O) groups excluding carboxylic acids is 1. The second-order valence-electron chi connectivity index (χ2n) is 7.89. The second kappa shape index (κ2) is 8.52. The third-order valence-electron chi connectivity index (χ3n) is 6.12. The normalized spacial score (nSPS) is 19.9. The largest absolute Gasteiger partial charge is 0.468 e. The Bertz CT molecular complexity index is 1080. The zero-order valence-corrected chi connectivity index (χ0v) is 17.9. The van der Waals surface area contributed by atoms with E-state index in [1.807, 2.05) is 0 Å². The number of rotatable bonds is 5. The van der Waals surface area contributed by atoms with E-state index in [1.165, 1.54) is 48.9 Å². The Morgan fingerprint density at radius 3 is 2.50 bits per heavy atom. The van der Waals surface area contributed by atoms with Crippen LogP contribution in [-0.2, 0) is 26.1 Å². The fraction of sp³-hybridized carbons (Fsp3) is 0.600. The molecule has 0 radical (unpaired) electrons. The molecule has 0 saturated carbocycles. The highest BCUT2D eigenvalue weighted by Gasteiger charge is 2.32. The molecule has 0 unspecified atom stereocenters. The molecule has 0 bridgehead atoms. The van der Waals surface area contributed by atoms with Gasteiger partial charge in [0.25, 0.3) is 0 Å². The van der Waals surface area contributed by atoms with Gasteiger partial charge in [0, 0.05) is 25.2 Å². The molecule has 0 atom stereocenters. The summed E-state index contributed by atoms with van der Waals surface area (Å²) in [6, 6.07) is 4.76. The monoisotopic (exact) mass is 437 g/mol. The topological polar surface area (TPSA) is 102 Å². The molecule has 0 N–H and O–H groups in total. The van der Waals surface area contributed by atoms with Crippen LogP contribution >= 0.6 is 0 Å². The van der Waals surface area contributed by atoms with Crippen LogP contribution in [0.2, 0.25) is 0 Å². The lowest BCUT2D eigenvalue weighted by Crippen LogP contribution is -2.48. The van der Waals surface area contributed by atoms with Gasteiger partial charge in [-0.1, -0.05) is 6.42 Å². The Hall–Kier alpha value is -2.17. The highest BCUT2D eigenvalue weighted by atomic mass is 32.2. The van der Waals surface area contributed by atoms with E-state index in [0.29, 0.717) is 24.6 Å². The van der Waals surface area contributed by atoms with Crippen molar-refractivity contribution in [3.05, 3.63) is 28.7 Å². The molecule has 2 aliphatic rings. The summed E-state index contributed by atoms with van der Waals surface area (Å²) in [5.41, 5.74) is 0.487. The number of likely N-dealkylation sites (tertiary alicyclic amines) is 1. The van der Waals surface area contributed by atoms with Gasteiger partial charge in [0.15, 0.2) is 5.58 Å². The van der Waals surface area contributed by atoms with E-state index in [1.54, 1.807) is 0 Å². The quantitative estimate of drug-likeness (QED) is 0.652. The van der Waals surface area contributed by atoms with Gasteiger partial charge in [-0.15, -0.1) is 0 Å². The molecule has 10 heteroatoms. The molecule has 2 aliphatic heterocycles. The number of methoxy groups -OCH3 is 1. The van der Waals surface area contributed by atoms with E-state index in [9.17, 15) is 18.0 Å². The van der Waals surface area contributed by atoms with Crippen LogP contribution in [0.25, 0.3) is 11.1 Å². The lowest BCUT2D eigenvalue weighted by Gasteiger charge is -2.39. The summed E-state index contributed by atoms with van der Waals surface area (Å²) in [5.74, 6) is -1.32. The Kier molecular flexibility index (Phi) is 5.99. The molecule has 0 aliphatic carbocycles. The zero-order valence-electron chi connectivity index (χ0n) is 17.1. The van der Waals surface area contributed by atoms with Gasteiger partial charge in [-0.3, -0.25) is 9.36 Å². The van der Waals surface area contributed by atoms with Gasteiger partial charge in [-0.05, 0) is 50.9 Å². The van der Waals surface area contributed by atoms with Crippen LogP contribution in [-0.4, -0.2) is 67.5 Å². The van der Waals surface area contributed by atoms with Gasteiger partial charge in [0.05, 0.1) is 17.5 Å². The first-order valence-electron chi connectivity index (χ1n) is 10.3. The molecule has 9 nitrogen and oxygen atoms in total. The van der Waals surface area contributed by atoms with Crippen molar-refractivity contribution in [3.63, 3.8) is 0 Å². The van der Waals surface area contributed by atoms with Crippen LogP contribution in [0.1, 0.15) is 32.1 Å². The number of fused-ring (bicyclic) bond motifs is 1. The Morgan fingerprint density at radius 2 is 1.83 bits per heavy atom. The molecule has 2 saturated heterocycles. The molecular weight excluding hydrogens is 410 g/mol. The number of sulfonamides is 1. The number of aromatic nitrogens is 1. The number of hydrogen-bond donors (Lipinski definition) is 0. The van der Waals surface area contributed by atoms with Crippen molar-refractivity contribution in [1.29, 1.82) is 0 Å². The van der Waals surface area contributed by atoms with Crippen LogP contribution in [0.3, 0.4) is 0 Å². The minimum Gasteiger partial charge on any atom is -0.468 e. The standard InChI is InChI=1S/C20H27N3O6S/c1-28-19(24)14-23-17-6-5-16(13-18(17)29-20(23)25)30(26,27)22-11-7-15(8-12-22)21-9-3-2-4-10-21/h5-6,13,15H,2-4,7-12,14H2,1H3. The van der Waals surface area contributed by atoms with E-state index >= 15 is 0 Å². The van der Waals surface area contributed by atoms with Crippen LogP contribution in [0.5, 0.6) is 0 Å². The number of benzene rings is 1. The van der Waals surface area contributed by atoms with Crippen molar-refractivity contribution in [2.75, 3.05) is 33.3 Å². The number of nitrogens with zero attached hydrogens (tertiary/aromatic N) is 3. The van der Waals surface area contributed by atoms with Crippen molar-refractivity contribution in [1.82, 2.24) is 13.8 Å². The van der Waals surface area contributed by atoms with Crippen LogP contribution in [0.15, 0.2) is 32.3 Å². The number of piperidine rings is 2. The van der Waals surface area contributed by atoms with Crippen LogP contribution in [0.4, 0.5) is 0 Å². The summed E-state index contributed by atoms with van der Waals surface area (Å²) >= 11 is 0. The minimum absolute atomic E-state index is 0.0883. The number of hydrogen-bond acceptors (Lipinski definition) is 7. The first-order chi connectivity index (χ1) is 14.4. The molecule has 4 rings (SSSR count). The first-order valence-corrected chi connectivity index (χ1v) is 11.8. The molecule has 1 aromatic carbocycles. The van der Waals surface area contributed by atoms with E-state index < -0.39 is 21.7 Å². The lowest BCUT2D eigenvalue weighted by molar-refractivity contribution is -0.141. The number of oxazole rings is 1. The fourth-order valence-electron chi connectivity index (χ4n) is 4.43. The third kappa shape index (κ3) is 4.03. The summed E-state index contributed by atoms with van der Waals surface area (Å²) in [5, 5.41) is 0. The maximum absolute atomic E-state index is 13.1. The molecule has 2 fully saturated rings. The molecule has 30 heavy (non-hydrogen) atoms. The van der Waals surface area contributed by atoms with E-state index in [2.05, 4.69) is 9.64 Å². The van der Waals surface area contributed by atoms with Crippen LogP contribution < -0.4 is 5.76 Å².